The van der Waals surface area contributed by atoms with Gasteiger partial charge in [-0.1, -0.05) is 43.7 Å². The maximum absolute atomic E-state index is 12.4. The van der Waals surface area contributed by atoms with Crippen LogP contribution in [-0.2, 0) is 10.8 Å². The van der Waals surface area contributed by atoms with Crippen LogP contribution in [-0.4, -0.2) is 15.9 Å². The van der Waals surface area contributed by atoms with E-state index in [1.54, 1.807) is 6.08 Å². The highest BCUT2D eigenvalue weighted by Gasteiger charge is 2.12. The van der Waals surface area contributed by atoms with Gasteiger partial charge in [0.15, 0.2) is 0 Å². The first-order chi connectivity index (χ1) is 9.10. The number of aryl methyl sites for hydroxylation is 1. The fourth-order valence-electron chi connectivity index (χ4n) is 1.76. The van der Waals surface area contributed by atoms with E-state index >= 15 is 0 Å². The molecule has 0 bridgehead atoms. The zero-order chi connectivity index (χ0) is 14.3. The number of rotatable bonds is 7. The van der Waals surface area contributed by atoms with Crippen LogP contribution in [0.3, 0.4) is 0 Å². The summed E-state index contributed by atoms with van der Waals surface area (Å²) in [5, 5.41) is 9.06. The van der Waals surface area contributed by atoms with Crippen molar-refractivity contribution < 1.29 is 9.32 Å². The van der Waals surface area contributed by atoms with Crippen molar-refractivity contribution in [2.24, 2.45) is 0 Å². The normalized spacial score (nSPS) is 13.3. The molecule has 0 amide bonds. The van der Waals surface area contributed by atoms with E-state index in [4.69, 9.17) is 5.11 Å². The van der Waals surface area contributed by atoms with Gasteiger partial charge in [0.25, 0.3) is 0 Å². The van der Waals surface area contributed by atoms with E-state index in [0.29, 0.717) is 4.91 Å². The monoisotopic (exact) mass is 278 g/mol. The highest BCUT2D eigenvalue weighted by molar-refractivity contribution is 7.89. The molecule has 0 spiro atoms. The zero-order valence-electron chi connectivity index (χ0n) is 11.7. The number of aliphatic hydroxyl groups is 1. The van der Waals surface area contributed by atoms with Crippen molar-refractivity contribution in [1.29, 1.82) is 0 Å². The van der Waals surface area contributed by atoms with Crippen LogP contribution in [0.4, 0.5) is 0 Å². The van der Waals surface area contributed by atoms with Crippen molar-refractivity contribution in [2.45, 2.75) is 38.0 Å². The maximum Gasteiger partial charge on any atom is 0.0846 e. The van der Waals surface area contributed by atoms with Gasteiger partial charge in [0.05, 0.1) is 17.4 Å². The summed E-state index contributed by atoms with van der Waals surface area (Å²) in [6, 6.07) is 7.63. The lowest BCUT2D eigenvalue weighted by molar-refractivity contribution is 0.341. The van der Waals surface area contributed by atoms with Crippen molar-refractivity contribution in [2.75, 3.05) is 6.61 Å². The summed E-state index contributed by atoms with van der Waals surface area (Å²) in [6.07, 6.45) is 4.60. The van der Waals surface area contributed by atoms with Gasteiger partial charge in [0.2, 0.25) is 0 Å². The van der Waals surface area contributed by atoms with E-state index in [2.05, 4.69) is 13.5 Å². The molecular weight excluding hydrogens is 256 g/mol. The third kappa shape index (κ3) is 4.77. The van der Waals surface area contributed by atoms with Crippen LogP contribution >= 0.6 is 0 Å². The molecule has 3 heteroatoms. The summed E-state index contributed by atoms with van der Waals surface area (Å²) in [5.41, 5.74) is 2.05. The van der Waals surface area contributed by atoms with E-state index in [0.717, 1.165) is 35.3 Å². The fraction of sp³-hybridized carbons (Fsp3) is 0.375. The van der Waals surface area contributed by atoms with Crippen LogP contribution in [0, 0.1) is 6.92 Å². The molecule has 1 aromatic carbocycles. The second-order valence-electron chi connectivity index (χ2n) is 4.52. The van der Waals surface area contributed by atoms with Gasteiger partial charge in [-0.15, -0.1) is 0 Å². The Morgan fingerprint density at radius 3 is 2.53 bits per heavy atom. The molecule has 0 aliphatic rings. The van der Waals surface area contributed by atoms with Gasteiger partial charge in [-0.05, 0) is 37.5 Å². The van der Waals surface area contributed by atoms with E-state index < -0.39 is 10.8 Å². The van der Waals surface area contributed by atoms with E-state index in [1.165, 1.54) is 0 Å². The molecular formula is C16H22O2S. The first-order valence-corrected chi connectivity index (χ1v) is 7.72. The van der Waals surface area contributed by atoms with Gasteiger partial charge < -0.3 is 5.11 Å². The minimum atomic E-state index is -1.25. The Morgan fingerprint density at radius 2 is 2.00 bits per heavy atom. The van der Waals surface area contributed by atoms with E-state index in [-0.39, 0.29) is 6.61 Å². The molecule has 0 aliphatic carbocycles. The molecule has 1 N–H and O–H groups in total. The topological polar surface area (TPSA) is 37.3 Å². The Morgan fingerprint density at radius 1 is 1.37 bits per heavy atom. The number of benzene rings is 1. The molecule has 0 unspecified atom stereocenters. The molecule has 104 valence electrons. The smallest absolute Gasteiger partial charge is 0.0846 e. The predicted molar refractivity (Wildman–Crippen MR) is 81.4 cm³/mol. The van der Waals surface area contributed by atoms with Gasteiger partial charge in [-0.25, -0.2) is 4.21 Å². The lowest BCUT2D eigenvalue weighted by Crippen LogP contribution is -2.00. The lowest BCUT2D eigenvalue weighted by Gasteiger charge is -2.10. The van der Waals surface area contributed by atoms with Crippen LogP contribution in [0.2, 0.25) is 0 Å². The fourth-order valence-corrected chi connectivity index (χ4v) is 2.85. The molecule has 0 saturated heterocycles. The maximum atomic E-state index is 12.4. The summed E-state index contributed by atoms with van der Waals surface area (Å²) in [6.45, 7) is 8.01. The molecule has 0 aromatic heterocycles. The molecule has 2 nitrogen and oxygen atoms in total. The lowest BCUT2D eigenvalue weighted by atomic mass is 10.1. The van der Waals surface area contributed by atoms with Gasteiger partial charge in [0.1, 0.15) is 0 Å². The van der Waals surface area contributed by atoms with Crippen LogP contribution in [0.5, 0.6) is 0 Å². The quantitative estimate of drug-likeness (QED) is 0.772. The van der Waals surface area contributed by atoms with Crippen molar-refractivity contribution in [3.63, 3.8) is 0 Å². The minimum Gasteiger partial charge on any atom is -0.392 e. The van der Waals surface area contributed by atoms with E-state index in [1.807, 2.05) is 31.2 Å². The summed E-state index contributed by atoms with van der Waals surface area (Å²) in [7, 11) is -1.25. The SMILES string of the molecule is C=C(/C(=C\CO)CCCC)[S@@](=O)c1ccc(C)cc1. The van der Waals surface area contributed by atoms with Crippen molar-refractivity contribution in [3.05, 3.63) is 53.0 Å². The molecule has 0 heterocycles. The molecule has 19 heavy (non-hydrogen) atoms. The van der Waals surface area contributed by atoms with Crippen molar-refractivity contribution in [3.8, 4) is 0 Å². The molecule has 1 atom stereocenters. The average Bonchev–Trinajstić information content (AvgIpc) is 2.42. The molecule has 0 saturated carbocycles. The Labute approximate surface area is 118 Å². The largest absolute Gasteiger partial charge is 0.392 e. The average molecular weight is 278 g/mol. The molecule has 1 rings (SSSR count). The number of hydrogen-bond acceptors (Lipinski definition) is 2. The van der Waals surface area contributed by atoms with E-state index in [9.17, 15) is 4.21 Å². The zero-order valence-corrected chi connectivity index (χ0v) is 12.5. The van der Waals surface area contributed by atoms with Crippen LogP contribution in [0.15, 0.2) is 52.3 Å². The third-order valence-corrected chi connectivity index (χ3v) is 4.36. The Hall–Kier alpha value is -1.19. The van der Waals surface area contributed by atoms with Crippen molar-refractivity contribution in [1.82, 2.24) is 0 Å². The molecule has 0 radical (unpaired) electrons. The summed E-state index contributed by atoms with van der Waals surface area (Å²) >= 11 is 0. The Bertz CT molecular complexity index is 472. The van der Waals surface area contributed by atoms with Crippen LogP contribution in [0.25, 0.3) is 0 Å². The Balaban J connectivity index is 2.87. The van der Waals surface area contributed by atoms with Gasteiger partial charge in [0, 0.05) is 9.80 Å². The van der Waals surface area contributed by atoms with Crippen molar-refractivity contribution >= 4 is 10.8 Å². The number of unbranched alkanes of at least 4 members (excludes halogenated alkanes) is 1. The summed E-state index contributed by atoms with van der Waals surface area (Å²) < 4.78 is 12.4. The first kappa shape index (κ1) is 15.9. The second kappa shape index (κ2) is 8.08. The second-order valence-corrected chi connectivity index (χ2v) is 6.02. The third-order valence-electron chi connectivity index (χ3n) is 2.95. The minimum absolute atomic E-state index is 0.0385. The van der Waals surface area contributed by atoms with Gasteiger partial charge in [-0.3, -0.25) is 0 Å². The molecule has 0 aliphatic heterocycles. The number of allylic oxidation sites excluding steroid dienone is 1. The number of aliphatic hydroxyl groups excluding tert-OH is 1. The molecule has 1 aromatic rings. The first-order valence-electron chi connectivity index (χ1n) is 6.57. The van der Waals surface area contributed by atoms with Crippen LogP contribution < -0.4 is 0 Å². The highest BCUT2D eigenvalue weighted by Crippen LogP contribution is 2.23. The highest BCUT2D eigenvalue weighted by atomic mass is 32.2. The Kier molecular flexibility index (Phi) is 6.74. The van der Waals surface area contributed by atoms with Crippen LogP contribution in [0.1, 0.15) is 31.7 Å². The molecule has 0 fully saturated rings. The summed E-state index contributed by atoms with van der Waals surface area (Å²) in [4.78, 5) is 1.36. The van der Waals surface area contributed by atoms with Gasteiger partial charge in [-0.2, -0.15) is 0 Å². The summed E-state index contributed by atoms with van der Waals surface area (Å²) in [5.74, 6) is 0. The standard InChI is InChI=1S/C16H22O2S/c1-4-5-6-15(11-12-17)14(3)19(18)16-9-7-13(2)8-10-16/h7-11,17H,3-6,12H2,1-2H3/b15-11-/t19-/m1/s1. The van der Waals surface area contributed by atoms with Gasteiger partial charge >= 0.3 is 0 Å². The number of hydrogen-bond donors (Lipinski definition) is 1. The predicted octanol–water partition coefficient (Wildman–Crippen LogP) is 3.73.